The molecule has 1 fully saturated rings. The third-order valence-electron chi connectivity index (χ3n) is 3.70. The third-order valence-corrected chi connectivity index (χ3v) is 5.66. The van der Waals surface area contributed by atoms with E-state index in [0.29, 0.717) is 13.1 Å². The van der Waals surface area contributed by atoms with Crippen molar-refractivity contribution >= 4 is 10.0 Å². The number of piperazine rings is 1. The Balaban J connectivity index is 2.14. The number of sulfonamides is 1. The van der Waals surface area contributed by atoms with Crippen LogP contribution < -0.4 is 5.73 Å². The van der Waals surface area contributed by atoms with E-state index in [9.17, 15) is 8.42 Å². The lowest BCUT2D eigenvalue weighted by molar-refractivity contribution is 0.170. The van der Waals surface area contributed by atoms with E-state index in [1.54, 1.807) is 4.31 Å². The van der Waals surface area contributed by atoms with Crippen LogP contribution in [0.5, 0.6) is 0 Å². The van der Waals surface area contributed by atoms with Crippen molar-refractivity contribution in [2.24, 2.45) is 5.73 Å². The van der Waals surface area contributed by atoms with Crippen LogP contribution in [0.4, 0.5) is 0 Å². The first-order chi connectivity index (χ1) is 9.42. The number of nitrogens with zero attached hydrogens (tertiary/aromatic N) is 2. The molecule has 1 aromatic rings. The minimum Gasteiger partial charge on any atom is -0.326 e. The predicted molar refractivity (Wildman–Crippen MR) is 80.6 cm³/mol. The first-order valence-electron chi connectivity index (χ1n) is 6.88. The standard InChI is InChI=1S/C14H23N3O2S/c1-12-10-16(2)6-7-17(12)20(18,19)11-14-5-3-4-13(8-14)9-15/h3-5,8,12H,6-7,9-11,15H2,1-2H3. The van der Waals surface area contributed by atoms with Crippen molar-refractivity contribution in [3.8, 4) is 0 Å². The normalized spacial score (nSPS) is 22.1. The summed E-state index contributed by atoms with van der Waals surface area (Å²) in [5.74, 6) is 0.0505. The Morgan fingerprint density at radius 1 is 1.30 bits per heavy atom. The fraction of sp³-hybridized carbons (Fsp3) is 0.571. The average Bonchev–Trinajstić information content (AvgIpc) is 2.37. The molecular weight excluding hydrogens is 274 g/mol. The molecule has 0 bridgehead atoms. The van der Waals surface area contributed by atoms with Crippen LogP contribution in [0.1, 0.15) is 18.1 Å². The van der Waals surface area contributed by atoms with Gasteiger partial charge >= 0.3 is 0 Å². The van der Waals surface area contributed by atoms with Gasteiger partial charge in [0.15, 0.2) is 0 Å². The zero-order valence-corrected chi connectivity index (χ0v) is 12.9. The van der Waals surface area contributed by atoms with Crippen molar-refractivity contribution in [3.05, 3.63) is 35.4 Å². The SMILES string of the molecule is CC1CN(C)CCN1S(=O)(=O)Cc1cccc(CN)c1. The van der Waals surface area contributed by atoms with Gasteiger partial charge in [-0.15, -0.1) is 0 Å². The molecule has 5 nitrogen and oxygen atoms in total. The van der Waals surface area contributed by atoms with Crippen molar-refractivity contribution in [1.29, 1.82) is 0 Å². The topological polar surface area (TPSA) is 66.6 Å². The highest BCUT2D eigenvalue weighted by molar-refractivity contribution is 7.88. The van der Waals surface area contributed by atoms with Gasteiger partial charge < -0.3 is 10.6 Å². The summed E-state index contributed by atoms with van der Waals surface area (Å²) in [6, 6.07) is 7.52. The third kappa shape index (κ3) is 3.58. The van der Waals surface area contributed by atoms with Crippen LogP contribution in [0.15, 0.2) is 24.3 Å². The molecule has 6 heteroatoms. The zero-order valence-electron chi connectivity index (χ0n) is 12.1. The Morgan fingerprint density at radius 2 is 2.00 bits per heavy atom. The highest BCUT2D eigenvalue weighted by atomic mass is 32.2. The Labute approximate surface area is 121 Å². The summed E-state index contributed by atoms with van der Waals surface area (Å²) >= 11 is 0. The van der Waals surface area contributed by atoms with Crippen molar-refractivity contribution in [1.82, 2.24) is 9.21 Å². The molecule has 1 aromatic carbocycles. The van der Waals surface area contributed by atoms with Crippen LogP contribution in [0.3, 0.4) is 0 Å². The summed E-state index contributed by atoms with van der Waals surface area (Å²) in [4.78, 5) is 2.16. The van der Waals surface area contributed by atoms with Gasteiger partial charge in [-0.1, -0.05) is 24.3 Å². The lowest BCUT2D eigenvalue weighted by Gasteiger charge is -2.37. The van der Waals surface area contributed by atoms with Crippen molar-refractivity contribution < 1.29 is 8.42 Å². The molecule has 0 aromatic heterocycles. The summed E-state index contributed by atoms with van der Waals surface area (Å²) in [7, 11) is -1.25. The molecule has 0 radical (unpaired) electrons. The van der Waals surface area contributed by atoms with Crippen LogP contribution in [0.25, 0.3) is 0 Å². The fourth-order valence-electron chi connectivity index (χ4n) is 2.68. The Hall–Kier alpha value is -0.950. The van der Waals surface area contributed by atoms with Crippen LogP contribution in [0, 0.1) is 0 Å². The fourth-order valence-corrected chi connectivity index (χ4v) is 4.42. The molecule has 20 heavy (non-hydrogen) atoms. The molecule has 1 unspecified atom stereocenters. The van der Waals surface area contributed by atoms with E-state index < -0.39 is 10.0 Å². The molecule has 2 N–H and O–H groups in total. The van der Waals surface area contributed by atoms with Crippen LogP contribution in [-0.2, 0) is 22.3 Å². The van der Waals surface area contributed by atoms with Gasteiger partial charge in [-0.2, -0.15) is 4.31 Å². The minimum atomic E-state index is -3.27. The lowest BCUT2D eigenvalue weighted by Crippen LogP contribution is -2.52. The maximum Gasteiger partial charge on any atom is 0.218 e. The van der Waals surface area contributed by atoms with E-state index in [1.807, 2.05) is 38.2 Å². The van der Waals surface area contributed by atoms with Crippen LogP contribution in [-0.4, -0.2) is 50.3 Å². The molecule has 2 rings (SSSR count). The summed E-state index contributed by atoms with van der Waals surface area (Å²) in [6.45, 7) is 4.52. The van der Waals surface area contributed by atoms with Gasteiger partial charge in [-0.25, -0.2) is 8.42 Å². The van der Waals surface area contributed by atoms with E-state index in [-0.39, 0.29) is 11.8 Å². The maximum absolute atomic E-state index is 12.5. The summed E-state index contributed by atoms with van der Waals surface area (Å²) in [6.07, 6.45) is 0. The Morgan fingerprint density at radius 3 is 2.65 bits per heavy atom. The van der Waals surface area contributed by atoms with Gasteiger partial charge in [-0.3, -0.25) is 0 Å². The lowest BCUT2D eigenvalue weighted by atomic mass is 10.1. The van der Waals surface area contributed by atoms with Gasteiger partial charge in [0.05, 0.1) is 5.75 Å². The average molecular weight is 297 g/mol. The molecule has 0 amide bonds. The van der Waals surface area contributed by atoms with Crippen LogP contribution >= 0.6 is 0 Å². The largest absolute Gasteiger partial charge is 0.326 e. The summed E-state index contributed by atoms with van der Waals surface area (Å²) < 4.78 is 26.7. The van der Waals surface area contributed by atoms with Crippen molar-refractivity contribution in [2.45, 2.75) is 25.3 Å². The second-order valence-corrected chi connectivity index (χ2v) is 7.42. The zero-order chi connectivity index (χ0) is 14.8. The van der Waals surface area contributed by atoms with Gasteiger partial charge in [0.2, 0.25) is 10.0 Å². The van der Waals surface area contributed by atoms with E-state index in [2.05, 4.69) is 4.90 Å². The monoisotopic (exact) mass is 297 g/mol. The number of hydrogen-bond acceptors (Lipinski definition) is 4. The molecule has 1 aliphatic rings. The van der Waals surface area contributed by atoms with Gasteiger partial charge in [0, 0.05) is 32.2 Å². The predicted octanol–water partition coefficient (Wildman–Crippen LogP) is 0.611. The number of benzene rings is 1. The number of rotatable bonds is 4. The second kappa shape index (κ2) is 6.22. The first kappa shape index (κ1) is 15.4. The Bertz CT molecular complexity index is 559. The molecule has 1 aliphatic heterocycles. The number of nitrogens with two attached hydrogens (primary N) is 1. The molecule has 112 valence electrons. The summed E-state index contributed by atoms with van der Waals surface area (Å²) in [5, 5.41) is 0. The van der Waals surface area contributed by atoms with E-state index in [1.165, 1.54) is 0 Å². The van der Waals surface area contributed by atoms with Gasteiger partial charge in [0.25, 0.3) is 0 Å². The molecule has 1 atom stereocenters. The highest BCUT2D eigenvalue weighted by Gasteiger charge is 2.31. The molecule has 0 saturated carbocycles. The molecular formula is C14H23N3O2S. The molecule has 1 heterocycles. The summed E-state index contributed by atoms with van der Waals surface area (Å²) in [5.41, 5.74) is 7.36. The first-order valence-corrected chi connectivity index (χ1v) is 8.49. The Kier molecular flexibility index (Phi) is 4.80. The van der Waals surface area contributed by atoms with Gasteiger partial charge in [-0.05, 0) is 25.1 Å². The van der Waals surface area contributed by atoms with Crippen molar-refractivity contribution in [3.63, 3.8) is 0 Å². The highest BCUT2D eigenvalue weighted by Crippen LogP contribution is 2.18. The minimum absolute atomic E-state index is 0.0245. The van der Waals surface area contributed by atoms with E-state index >= 15 is 0 Å². The molecule has 0 spiro atoms. The smallest absolute Gasteiger partial charge is 0.218 e. The van der Waals surface area contributed by atoms with E-state index in [4.69, 9.17) is 5.73 Å². The van der Waals surface area contributed by atoms with E-state index in [0.717, 1.165) is 24.2 Å². The maximum atomic E-state index is 12.5. The van der Waals surface area contributed by atoms with Gasteiger partial charge in [0.1, 0.15) is 0 Å². The van der Waals surface area contributed by atoms with Crippen LogP contribution in [0.2, 0.25) is 0 Å². The quantitative estimate of drug-likeness (QED) is 0.884. The number of likely N-dealkylation sites (N-methyl/N-ethyl adjacent to an activating group) is 1. The van der Waals surface area contributed by atoms with Crippen molar-refractivity contribution in [2.75, 3.05) is 26.7 Å². The molecule has 1 saturated heterocycles. The second-order valence-electron chi connectivity index (χ2n) is 5.50. The molecule has 0 aliphatic carbocycles. The number of hydrogen-bond donors (Lipinski definition) is 1.